The maximum atomic E-state index is 13.1. The molecular formula is C22H20N6O. The first-order chi connectivity index (χ1) is 14.2. The number of rotatable bonds is 4. The molecule has 0 aliphatic rings. The minimum atomic E-state index is -0.147. The first-order valence-electron chi connectivity index (χ1n) is 9.64. The smallest absolute Gasteiger partial charge is 0.277 e. The van der Waals surface area contributed by atoms with E-state index < -0.39 is 0 Å². The molecule has 0 unspecified atom stereocenters. The number of hydrogen-bond donors (Lipinski definition) is 1. The predicted molar refractivity (Wildman–Crippen MR) is 112 cm³/mol. The summed E-state index contributed by atoms with van der Waals surface area (Å²) in [5.74, 6) is 0.252. The van der Waals surface area contributed by atoms with Crippen molar-refractivity contribution in [1.29, 1.82) is 0 Å². The first kappa shape index (κ1) is 17.4. The van der Waals surface area contributed by atoms with Crippen LogP contribution in [0.5, 0.6) is 0 Å². The first-order valence-corrected chi connectivity index (χ1v) is 9.64. The highest BCUT2D eigenvalue weighted by Crippen LogP contribution is 2.25. The molecule has 0 aliphatic heterocycles. The van der Waals surface area contributed by atoms with Crippen LogP contribution in [0.25, 0.3) is 28.0 Å². The van der Waals surface area contributed by atoms with Crippen molar-refractivity contribution in [2.24, 2.45) is 0 Å². The van der Waals surface area contributed by atoms with Crippen molar-refractivity contribution in [2.75, 3.05) is 0 Å². The number of nitrogens with zero attached hydrogens (tertiary/aromatic N) is 5. The lowest BCUT2D eigenvalue weighted by atomic mass is 10.1. The molecule has 5 aromatic rings. The fourth-order valence-corrected chi connectivity index (χ4v) is 3.84. The van der Waals surface area contributed by atoms with Crippen LogP contribution in [0.1, 0.15) is 23.7 Å². The average molecular weight is 384 g/mol. The van der Waals surface area contributed by atoms with Crippen LogP contribution < -0.4 is 5.56 Å². The van der Waals surface area contributed by atoms with E-state index in [2.05, 4.69) is 26.8 Å². The molecule has 144 valence electrons. The van der Waals surface area contributed by atoms with E-state index in [0.29, 0.717) is 12.0 Å². The van der Waals surface area contributed by atoms with E-state index in [1.807, 2.05) is 61.5 Å². The molecule has 0 saturated heterocycles. The summed E-state index contributed by atoms with van der Waals surface area (Å²) in [4.78, 5) is 17.8. The van der Waals surface area contributed by atoms with Gasteiger partial charge in [-0.3, -0.25) is 9.89 Å². The second-order valence-electron chi connectivity index (χ2n) is 7.06. The van der Waals surface area contributed by atoms with Gasteiger partial charge in [-0.05, 0) is 25.5 Å². The van der Waals surface area contributed by atoms with Crippen LogP contribution in [0.2, 0.25) is 0 Å². The Labute approximate surface area is 166 Å². The third-order valence-corrected chi connectivity index (χ3v) is 5.30. The van der Waals surface area contributed by atoms with Crippen LogP contribution in [0.4, 0.5) is 0 Å². The molecule has 0 aliphatic carbocycles. The maximum Gasteiger partial charge on any atom is 0.277 e. The highest BCUT2D eigenvalue weighted by Gasteiger charge is 2.18. The van der Waals surface area contributed by atoms with Crippen molar-refractivity contribution in [2.45, 2.75) is 26.8 Å². The third kappa shape index (κ3) is 2.74. The Morgan fingerprint density at radius 2 is 1.76 bits per heavy atom. The van der Waals surface area contributed by atoms with E-state index in [9.17, 15) is 4.79 Å². The van der Waals surface area contributed by atoms with Crippen molar-refractivity contribution >= 4 is 22.1 Å². The van der Waals surface area contributed by atoms with Crippen LogP contribution in [0.15, 0.2) is 59.4 Å². The number of nitrogens with one attached hydrogen (secondary N) is 1. The molecule has 29 heavy (non-hydrogen) atoms. The van der Waals surface area contributed by atoms with Crippen molar-refractivity contribution in [3.63, 3.8) is 0 Å². The zero-order valence-corrected chi connectivity index (χ0v) is 16.3. The van der Waals surface area contributed by atoms with E-state index in [1.54, 1.807) is 0 Å². The second kappa shape index (κ2) is 6.70. The third-order valence-electron chi connectivity index (χ3n) is 5.30. The van der Waals surface area contributed by atoms with E-state index in [4.69, 9.17) is 4.98 Å². The van der Waals surface area contributed by atoms with Crippen LogP contribution in [0, 0.1) is 6.92 Å². The SMILES string of the molecule is CCn1c2ccccc2c2nnc(-n3[nH]c(C)c(Cc4ccccc4)c3=O)nc21. The predicted octanol–water partition coefficient (Wildman–Crippen LogP) is 3.38. The Kier molecular flexibility index (Phi) is 4.01. The van der Waals surface area contributed by atoms with Gasteiger partial charge < -0.3 is 4.57 Å². The minimum Gasteiger partial charge on any atom is -0.324 e. The Morgan fingerprint density at radius 3 is 2.55 bits per heavy atom. The van der Waals surface area contributed by atoms with Gasteiger partial charge >= 0.3 is 0 Å². The minimum absolute atomic E-state index is 0.147. The lowest BCUT2D eigenvalue weighted by molar-refractivity contribution is 0.743. The molecular weight excluding hydrogens is 364 g/mol. The molecule has 2 aromatic carbocycles. The van der Waals surface area contributed by atoms with Gasteiger partial charge in [-0.15, -0.1) is 10.2 Å². The Hall–Kier alpha value is -3.74. The van der Waals surface area contributed by atoms with Crippen molar-refractivity contribution in [1.82, 2.24) is 29.5 Å². The zero-order valence-electron chi connectivity index (χ0n) is 16.3. The topological polar surface area (TPSA) is 81.4 Å². The molecule has 0 radical (unpaired) electrons. The number of para-hydroxylation sites is 1. The van der Waals surface area contributed by atoms with Gasteiger partial charge in [0.15, 0.2) is 5.65 Å². The Balaban J connectivity index is 1.66. The van der Waals surface area contributed by atoms with Gasteiger partial charge in [-0.2, -0.15) is 9.67 Å². The number of benzene rings is 2. The summed E-state index contributed by atoms with van der Waals surface area (Å²) in [6, 6.07) is 18.0. The number of H-pyrrole nitrogens is 1. The number of hydrogen-bond acceptors (Lipinski definition) is 4. The van der Waals surface area contributed by atoms with E-state index in [1.165, 1.54) is 4.68 Å². The quantitative estimate of drug-likeness (QED) is 0.515. The van der Waals surface area contributed by atoms with Gasteiger partial charge in [-0.1, -0.05) is 48.5 Å². The van der Waals surface area contributed by atoms with Crippen molar-refractivity contribution in [3.8, 4) is 5.95 Å². The molecule has 0 amide bonds. The monoisotopic (exact) mass is 384 g/mol. The van der Waals surface area contributed by atoms with Gasteiger partial charge in [0.05, 0.1) is 5.52 Å². The molecule has 0 atom stereocenters. The lowest BCUT2D eigenvalue weighted by Crippen LogP contribution is -2.20. The lowest BCUT2D eigenvalue weighted by Gasteiger charge is -2.03. The van der Waals surface area contributed by atoms with Crippen LogP contribution >= 0.6 is 0 Å². The highest BCUT2D eigenvalue weighted by atomic mass is 16.1. The summed E-state index contributed by atoms with van der Waals surface area (Å²) in [6.07, 6.45) is 0.555. The summed E-state index contributed by atoms with van der Waals surface area (Å²) in [5.41, 5.74) is 4.97. The number of aromatic nitrogens is 6. The molecule has 7 nitrogen and oxygen atoms in total. The van der Waals surface area contributed by atoms with Gasteiger partial charge in [0.2, 0.25) is 0 Å². The van der Waals surface area contributed by atoms with Gasteiger partial charge in [0.1, 0.15) is 5.52 Å². The molecule has 0 fully saturated rings. The van der Waals surface area contributed by atoms with Gasteiger partial charge in [0, 0.05) is 29.6 Å². The second-order valence-corrected chi connectivity index (χ2v) is 7.06. The normalized spacial score (nSPS) is 11.5. The molecule has 7 heteroatoms. The van der Waals surface area contributed by atoms with Crippen molar-refractivity contribution < 1.29 is 0 Å². The summed E-state index contributed by atoms with van der Waals surface area (Å²) in [7, 11) is 0. The number of aromatic amines is 1. The summed E-state index contributed by atoms with van der Waals surface area (Å²) in [6.45, 7) is 4.71. The largest absolute Gasteiger partial charge is 0.324 e. The Morgan fingerprint density at radius 1 is 1.00 bits per heavy atom. The molecule has 3 heterocycles. The average Bonchev–Trinajstić information content (AvgIpc) is 3.23. The van der Waals surface area contributed by atoms with Crippen LogP contribution in [-0.4, -0.2) is 29.5 Å². The van der Waals surface area contributed by atoms with E-state index in [0.717, 1.165) is 39.9 Å². The molecule has 0 bridgehead atoms. The van der Waals surface area contributed by atoms with E-state index >= 15 is 0 Å². The molecule has 0 saturated carbocycles. The molecule has 3 aromatic heterocycles. The summed E-state index contributed by atoms with van der Waals surface area (Å²) >= 11 is 0. The van der Waals surface area contributed by atoms with Crippen LogP contribution in [0.3, 0.4) is 0 Å². The molecule has 1 N–H and O–H groups in total. The number of fused-ring (bicyclic) bond motifs is 3. The fourth-order valence-electron chi connectivity index (χ4n) is 3.84. The summed E-state index contributed by atoms with van der Waals surface area (Å²) in [5, 5.41) is 12.8. The molecule has 5 rings (SSSR count). The maximum absolute atomic E-state index is 13.1. The van der Waals surface area contributed by atoms with Gasteiger partial charge in [-0.25, -0.2) is 0 Å². The van der Waals surface area contributed by atoms with Crippen LogP contribution in [-0.2, 0) is 13.0 Å². The zero-order chi connectivity index (χ0) is 20.0. The Bertz CT molecular complexity index is 1390. The van der Waals surface area contributed by atoms with Crippen molar-refractivity contribution in [3.05, 3.63) is 81.8 Å². The van der Waals surface area contributed by atoms with E-state index in [-0.39, 0.29) is 11.5 Å². The standard InChI is InChI=1S/C22H20N6O/c1-3-27-18-12-8-7-11-16(18)19-20(27)23-22(25-24-19)28-21(29)17(14(2)26-28)13-15-9-5-4-6-10-15/h4-12,26H,3,13H2,1-2H3. The molecule has 0 spiro atoms. The summed E-state index contributed by atoms with van der Waals surface area (Å²) < 4.78 is 3.48. The van der Waals surface area contributed by atoms with Gasteiger partial charge in [0.25, 0.3) is 11.5 Å². The number of aryl methyl sites for hydroxylation is 2. The highest BCUT2D eigenvalue weighted by molar-refractivity contribution is 6.04. The fraction of sp³-hybridized carbons (Fsp3) is 0.182.